The third-order valence-electron chi connectivity index (χ3n) is 8.42. The minimum absolute atomic E-state index is 0.0489. The van der Waals surface area contributed by atoms with Crippen molar-refractivity contribution in [3.8, 4) is 11.5 Å². The highest BCUT2D eigenvalue weighted by molar-refractivity contribution is 5.86. The molecule has 3 aliphatic heterocycles. The number of β-amino-alcohol motifs (C(OH)–C–C–N with tert-alkyl or cyclic N) is 1. The third-order valence-corrected chi connectivity index (χ3v) is 8.42. The van der Waals surface area contributed by atoms with Crippen LogP contribution in [0.1, 0.15) is 69.1 Å². The van der Waals surface area contributed by atoms with E-state index in [9.17, 15) is 19.8 Å². The fourth-order valence-corrected chi connectivity index (χ4v) is 6.44. The normalized spacial score (nSPS) is 29.0. The number of hydrogen-bond acceptors (Lipinski definition) is 10. The second kappa shape index (κ2) is 10.1. The largest absolute Gasteiger partial charge is 0.497 e. The highest BCUT2D eigenvalue weighted by Crippen LogP contribution is 2.57. The molecule has 38 heavy (non-hydrogen) atoms. The van der Waals surface area contributed by atoms with Gasteiger partial charge in [-0.2, -0.15) is 0 Å². The van der Waals surface area contributed by atoms with E-state index in [2.05, 4.69) is 4.90 Å². The van der Waals surface area contributed by atoms with Crippen molar-refractivity contribution in [1.82, 2.24) is 4.90 Å². The van der Waals surface area contributed by atoms with E-state index in [0.717, 1.165) is 24.9 Å². The summed E-state index contributed by atoms with van der Waals surface area (Å²) >= 11 is 0. The lowest BCUT2D eigenvalue weighted by atomic mass is 9.77. The van der Waals surface area contributed by atoms with Gasteiger partial charge in [-0.05, 0) is 67.5 Å². The van der Waals surface area contributed by atoms with E-state index < -0.39 is 47.6 Å². The lowest BCUT2D eigenvalue weighted by Crippen LogP contribution is -2.49. The number of fused-ring (bicyclic) bond motifs is 3. The maximum atomic E-state index is 13.7. The Labute approximate surface area is 222 Å². The summed E-state index contributed by atoms with van der Waals surface area (Å²) in [6.07, 6.45) is 2.06. The number of aliphatic hydroxyl groups excluding tert-OH is 1. The number of ether oxygens (including phenoxy) is 5. The Morgan fingerprint density at radius 2 is 1.92 bits per heavy atom. The average Bonchev–Trinajstić information content (AvgIpc) is 3.58. The first-order valence-corrected chi connectivity index (χ1v) is 13.3. The van der Waals surface area contributed by atoms with Crippen LogP contribution in [0.4, 0.5) is 0 Å². The van der Waals surface area contributed by atoms with Crippen LogP contribution in [0.15, 0.2) is 24.0 Å². The van der Waals surface area contributed by atoms with Gasteiger partial charge in [-0.1, -0.05) is 13.8 Å². The van der Waals surface area contributed by atoms with Gasteiger partial charge in [0.2, 0.25) is 6.79 Å². The molecule has 0 radical (unpaired) electrons. The summed E-state index contributed by atoms with van der Waals surface area (Å²) in [5, 5.41) is 22.7. The molecule has 0 saturated carbocycles. The molecule has 4 aliphatic rings. The van der Waals surface area contributed by atoms with E-state index in [4.69, 9.17) is 23.7 Å². The monoisotopic (exact) mass is 531 g/mol. The molecule has 2 N–H and O–H groups in total. The summed E-state index contributed by atoms with van der Waals surface area (Å²) in [5.41, 5.74) is -1.15. The molecule has 3 heterocycles. The summed E-state index contributed by atoms with van der Waals surface area (Å²) < 4.78 is 27.9. The van der Waals surface area contributed by atoms with Gasteiger partial charge in [0.05, 0.1) is 38.2 Å². The zero-order valence-electron chi connectivity index (χ0n) is 22.4. The molecule has 1 saturated heterocycles. The molecule has 10 nitrogen and oxygen atoms in total. The van der Waals surface area contributed by atoms with Crippen molar-refractivity contribution in [2.45, 2.75) is 75.2 Å². The van der Waals surface area contributed by atoms with Gasteiger partial charge >= 0.3 is 11.9 Å². The number of benzene rings is 1. The van der Waals surface area contributed by atoms with Gasteiger partial charge in [0, 0.05) is 6.54 Å². The third kappa shape index (κ3) is 4.42. The van der Waals surface area contributed by atoms with Crippen LogP contribution >= 0.6 is 0 Å². The van der Waals surface area contributed by atoms with Gasteiger partial charge < -0.3 is 33.9 Å². The van der Waals surface area contributed by atoms with E-state index in [1.165, 1.54) is 14.2 Å². The standard InChI is InChI=1S/C28H37NO9/c1-16(2)6-8-28(33,13-23(31)35-4)26(32)38-25-22(34-3)12-27-7-5-9-29(27)14-19(30)17-10-20-21(37-15-36-20)11-18(17)24(25)27/h10-12,16,19,24-25,30,33H,5-9,13-15H2,1-4H3/t19-,24+,25+,27-,28+/m0/s1. The number of nitrogens with zero attached hydrogens (tertiary/aromatic N) is 1. The van der Waals surface area contributed by atoms with Gasteiger partial charge in [0.15, 0.2) is 23.2 Å². The number of rotatable bonds is 8. The van der Waals surface area contributed by atoms with E-state index in [1.807, 2.05) is 26.0 Å². The molecule has 5 atom stereocenters. The van der Waals surface area contributed by atoms with Crippen molar-refractivity contribution in [1.29, 1.82) is 0 Å². The van der Waals surface area contributed by atoms with Crippen LogP contribution in [0.5, 0.6) is 11.5 Å². The van der Waals surface area contributed by atoms with Crippen LogP contribution in [0.3, 0.4) is 0 Å². The second-order valence-corrected chi connectivity index (χ2v) is 11.2. The van der Waals surface area contributed by atoms with Crippen molar-refractivity contribution in [3.63, 3.8) is 0 Å². The van der Waals surface area contributed by atoms with Crippen LogP contribution < -0.4 is 9.47 Å². The molecule has 0 bridgehead atoms. The SMILES string of the molecule is COC(=O)C[C@](O)(CCC(C)C)C(=O)O[C@@H]1C(OC)=C[C@]23CCCN2C[C@H](O)c2cc4c(cc2[C@H]13)OCO4. The van der Waals surface area contributed by atoms with Crippen molar-refractivity contribution >= 4 is 11.9 Å². The summed E-state index contributed by atoms with van der Waals surface area (Å²) in [4.78, 5) is 28.1. The Hall–Kier alpha value is -2.82. The quantitative estimate of drug-likeness (QED) is 0.484. The summed E-state index contributed by atoms with van der Waals surface area (Å²) in [5.74, 6) is -0.235. The molecule has 1 aromatic rings. The lowest BCUT2D eigenvalue weighted by Gasteiger charge is -2.39. The fourth-order valence-electron chi connectivity index (χ4n) is 6.44. The Morgan fingerprint density at radius 1 is 1.21 bits per heavy atom. The number of esters is 2. The predicted octanol–water partition coefficient (Wildman–Crippen LogP) is 2.57. The first-order valence-electron chi connectivity index (χ1n) is 13.3. The van der Waals surface area contributed by atoms with Crippen LogP contribution in [0, 0.1) is 5.92 Å². The van der Waals surface area contributed by atoms with Gasteiger partial charge in [0.25, 0.3) is 0 Å². The average molecular weight is 532 g/mol. The highest BCUT2D eigenvalue weighted by Gasteiger charge is 2.60. The van der Waals surface area contributed by atoms with Crippen LogP contribution in [-0.2, 0) is 23.8 Å². The molecule has 0 amide bonds. The maximum Gasteiger partial charge on any atom is 0.339 e. The van der Waals surface area contributed by atoms with Crippen LogP contribution in [-0.4, -0.2) is 78.4 Å². The van der Waals surface area contributed by atoms with Crippen LogP contribution in [0.25, 0.3) is 0 Å². The molecule has 0 unspecified atom stereocenters. The zero-order chi connectivity index (χ0) is 27.2. The smallest absolute Gasteiger partial charge is 0.339 e. The highest BCUT2D eigenvalue weighted by atomic mass is 16.7. The number of carbonyl (C=O) groups excluding carboxylic acids is 2. The van der Waals surface area contributed by atoms with Gasteiger partial charge in [-0.25, -0.2) is 4.79 Å². The molecule has 1 fully saturated rings. The second-order valence-electron chi connectivity index (χ2n) is 11.2. The van der Waals surface area contributed by atoms with Crippen molar-refractivity contribution < 1.29 is 43.5 Å². The van der Waals surface area contributed by atoms with E-state index in [0.29, 0.717) is 35.8 Å². The number of carbonyl (C=O) groups is 2. The molecular formula is C28H37NO9. The van der Waals surface area contributed by atoms with E-state index in [1.54, 1.807) is 6.07 Å². The van der Waals surface area contributed by atoms with Crippen molar-refractivity contribution in [2.75, 3.05) is 34.1 Å². The fraction of sp³-hybridized carbons (Fsp3) is 0.643. The van der Waals surface area contributed by atoms with Gasteiger partial charge in [-0.3, -0.25) is 9.69 Å². The summed E-state index contributed by atoms with van der Waals surface area (Å²) in [6, 6.07) is 3.67. The van der Waals surface area contributed by atoms with Crippen molar-refractivity contribution in [3.05, 3.63) is 35.1 Å². The van der Waals surface area contributed by atoms with E-state index >= 15 is 0 Å². The van der Waals surface area contributed by atoms with E-state index in [-0.39, 0.29) is 19.1 Å². The Kier molecular flexibility index (Phi) is 7.08. The molecule has 5 rings (SSSR count). The predicted molar refractivity (Wildman–Crippen MR) is 134 cm³/mol. The minimum Gasteiger partial charge on any atom is -0.497 e. The molecular weight excluding hydrogens is 494 g/mol. The summed E-state index contributed by atoms with van der Waals surface area (Å²) in [7, 11) is 2.75. The Morgan fingerprint density at radius 3 is 2.58 bits per heavy atom. The molecule has 208 valence electrons. The topological polar surface area (TPSA) is 124 Å². The number of aliphatic hydroxyl groups is 2. The van der Waals surface area contributed by atoms with Gasteiger partial charge in [-0.15, -0.1) is 0 Å². The first-order chi connectivity index (χ1) is 18.1. The maximum absolute atomic E-state index is 13.7. The molecule has 1 spiro atoms. The molecule has 1 aliphatic carbocycles. The van der Waals surface area contributed by atoms with Crippen molar-refractivity contribution in [2.24, 2.45) is 5.92 Å². The van der Waals surface area contributed by atoms with Gasteiger partial charge in [0.1, 0.15) is 5.76 Å². The minimum atomic E-state index is -2.05. The summed E-state index contributed by atoms with van der Waals surface area (Å²) in [6.45, 7) is 5.21. The number of hydrogen-bond donors (Lipinski definition) is 2. The lowest BCUT2D eigenvalue weighted by molar-refractivity contribution is -0.178. The molecule has 1 aromatic carbocycles. The zero-order valence-corrected chi connectivity index (χ0v) is 22.4. The Balaban J connectivity index is 1.56. The molecule has 10 heteroatoms. The number of methoxy groups -OCH3 is 2. The first kappa shape index (κ1) is 26.8. The van der Waals surface area contributed by atoms with Crippen LogP contribution in [0.2, 0.25) is 0 Å². The Bertz CT molecular complexity index is 1130. The molecule has 0 aromatic heterocycles.